The normalized spacial score (nSPS) is 10.8. The highest BCUT2D eigenvalue weighted by atomic mass is 16.4. The van der Waals surface area contributed by atoms with E-state index in [1.54, 1.807) is 13.8 Å². The van der Waals surface area contributed by atoms with Gasteiger partial charge in [-0.1, -0.05) is 39.0 Å². The summed E-state index contributed by atoms with van der Waals surface area (Å²) >= 11 is 0. The lowest BCUT2D eigenvalue weighted by Crippen LogP contribution is -2.01. The molecule has 0 amide bonds. The van der Waals surface area contributed by atoms with Gasteiger partial charge in [0.2, 0.25) is 0 Å². The van der Waals surface area contributed by atoms with Gasteiger partial charge in [-0.15, -0.1) is 0 Å². The van der Waals surface area contributed by atoms with Crippen molar-refractivity contribution in [1.29, 1.82) is 0 Å². The Kier molecular flexibility index (Phi) is 5.95. The molecule has 0 unspecified atom stereocenters. The molecular weight excluding hydrogens is 214 g/mol. The fraction of sp³-hybridized carbons (Fsp3) is 0.714. The van der Waals surface area contributed by atoms with Crippen molar-refractivity contribution >= 4 is 5.78 Å². The minimum atomic E-state index is 0.120. The van der Waals surface area contributed by atoms with E-state index in [4.69, 9.17) is 4.42 Å². The third kappa shape index (κ3) is 4.72. The Morgan fingerprint density at radius 2 is 1.76 bits per heavy atom. The van der Waals surface area contributed by atoms with E-state index in [1.165, 1.54) is 25.7 Å². The largest absolute Gasteiger partial charge is 0.446 e. The van der Waals surface area contributed by atoms with Crippen molar-refractivity contribution < 1.29 is 9.21 Å². The van der Waals surface area contributed by atoms with Gasteiger partial charge in [0.05, 0.1) is 0 Å². The molecule has 0 atom stereocenters. The Morgan fingerprint density at radius 3 is 2.35 bits per heavy atom. The van der Waals surface area contributed by atoms with E-state index in [-0.39, 0.29) is 5.78 Å². The second-order valence-corrected chi connectivity index (χ2v) is 4.58. The number of hydrogen-bond acceptors (Lipinski definition) is 3. The van der Waals surface area contributed by atoms with Crippen LogP contribution in [0.2, 0.25) is 0 Å². The summed E-state index contributed by atoms with van der Waals surface area (Å²) in [5.74, 6) is 1.35. The molecular formula is C14H23NO2. The quantitative estimate of drug-likeness (QED) is 0.502. The molecule has 0 radical (unpaired) electrons. The molecule has 96 valence electrons. The number of nitrogens with zero attached hydrogens (tertiary/aromatic N) is 1. The van der Waals surface area contributed by atoms with Crippen LogP contribution in [0.15, 0.2) is 4.42 Å². The fourth-order valence-corrected chi connectivity index (χ4v) is 1.97. The maximum absolute atomic E-state index is 11.8. The minimum Gasteiger partial charge on any atom is -0.446 e. The van der Waals surface area contributed by atoms with Crippen molar-refractivity contribution in [3.05, 3.63) is 17.3 Å². The highest BCUT2D eigenvalue weighted by Crippen LogP contribution is 2.14. The summed E-state index contributed by atoms with van der Waals surface area (Å²) in [4.78, 5) is 16.0. The SMILES string of the molecule is CCCCCCCCC(=O)c1nc(C)oc1C. The monoisotopic (exact) mass is 237 g/mol. The number of oxazole rings is 1. The Labute approximate surface area is 104 Å². The standard InChI is InChI=1S/C14H23NO2/c1-4-5-6-7-8-9-10-13(16)14-11(2)17-12(3)15-14/h4-10H2,1-3H3. The molecule has 0 aliphatic rings. The van der Waals surface area contributed by atoms with Crippen LogP contribution in [0.25, 0.3) is 0 Å². The first-order chi connectivity index (χ1) is 8.15. The maximum Gasteiger partial charge on any atom is 0.191 e. The number of hydrogen-bond donors (Lipinski definition) is 0. The van der Waals surface area contributed by atoms with Gasteiger partial charge in [-0.2, -0.15) is 0 Å². The maximum atomic E-state index is 11.8. The van der Waals surface area contributed by atoms with Gasteiger partial charge in [-0.3, -0.25) is 4.79 Å². The second kappa shape index (κ2) is 7.25. The van der Waals surface area contributed by atoms with E-state index in [2.05, 4.69) is 11.9 Å². The van der Waals surface area contributed by atoms with Gasteiger partial charge in [0.1, 0.15) is 11.5 Å². The summed E-state index contributed by atoms with van der Waals surface area (Å²) < 4.78 is 5.26. The summed E-state index contributed by atoms with van der Waals surface area (Å²) in [7, 11) is 0. The third-order valence-electron chi connectivity index (χ3n) is 2.93. The molecule has 0 spiro atoms. The van der Waals surface area contributed by atoms with E-state index in [9.17, 15) is 4.79 Å². The molecule has 0 aliphatic carbocycles. The molecule has 1 rings (SSSR count). The van der Waals surface area contributed by atoms with Crippen molar-refractivity contribution in [1.82, 2.24) is 4.98 Å². The smallest absolute Gasteiger partial charge is 0.191 e. The second-order valence-electron chi connectivity index (χ2n) is 4.58. The van der Waals surface area contributed by atoms with Crippen molar-refractivity contribution in [2.24, 2.45) is 0 Å². The molecule has 0 saturated carbocycles. The van der Waals surface area contributed by atoms with E-state index in [0.717, 1.165) is 12.8 Å². The number of carbonyl (C=O) groups is 1. The average Bonchev–Trinajstić information content (AvgIpc) is 2.62. The zero-order chi connectivity index (χ0) is 12.7. The first-order valence-corrected chi connectivity index (χ1v) is 6.62. The molecule has 0 fully saturated rings. The van der Waals surface area contributed by atoms with Crippen LogP contribution in [-0.2, 0) is 0 Å². The number of aryl methyl sites for hydroxylation is 2. The molecule has 17 heavy (non-hydrogen) atoms. The zero-order valence-electron chi connectivity index (χ0n) is 11.2. The molecule has 0 aromatic carbocycles. The van der Waals surface area contributed by atoms with Crippen LogP contribution >= 0.6 is 0 Å². The molecule has 0 aliphatic heterocycles. The minimum absolute atomic E-state index is 0.120. The average molecular weight is 237 g/mol. The lowest BCUT2D eigenvalue weighted by atomic mass is 10.1. The van der Waals surface area contributed by atoms with Crippen LogP contribution in [0.4, 0.5) is 0 Å². The first kappa shape index (κ1) is 13.9. The van der Waals surface area contributed by atoms with Gasteiger partial charge in [0.15, 0.2) is 11.7 Å². The predicted octanol–water partition coefficient (Wildman–Crippen LogP) is 4.22. The van der Waals surface area contributed by atoms with Crippen molar-refractivity contribution in [2.75, 3.05) is 0 Å². The van der Waals surface area contributed by atoms with Gasteiger partial charge in [0.25, 0.3) is 0 Å². The van der Waals surface area contributed by atoms with Gasteiger partial charge < -0.3 is 4.42 Å². The molecule has 3 nitrogen and oxygen atoms in total. The Balaban J connectivity index is 2.23. The summed E-state index contributed by atoms with van der Waals surface area (Å²) in [6.45, 7) is 5.78. The van der Waals surface area contributed by atoms with Gasteiger partial charge in [-0.05, 0) is 13.3 Å². The number of ketones is 1. The number of carbonyl (C=O) groups excluding carboxylic acids is 1. The lowest BCUT2D eigenvalue weighted by molar-refractivity contribution is 0.0973. The molecule has 1 heterocycles. The summed E-state index contributed by atoms with van der Waals surface area (Å²) in [6, 6.07) is 0. The Morgan fingerprint density at radius 1 is 1.12 bits per heavy atom. The van der Waals surface area contributed by atoms with E-state index >= 15 is 0 Å². The number of aromatic nitrogens is 1. The zero-order valence-corrected chi connectivity index (χ0v) is 11.2. The molecule has 0 N–H and O–H groups in total. The van der Waals surface area contributed by atoms with Crippen molar-refractivity contribution in [3.63, 3.8) is 0 Å². The van der Waals surface area contributed by atoms with E-state index < -0.39 is 0 Å². The molecule has 1 aromatic rings. The molecule has 1 aromatic heterocycles. The Bertz CT molecular complexity index is 355. The van der Waals surface area contributed by atoms with Gasteiger partial charge in [-0.25, -0.2) is 4.98 Å². The predicted molar refractivity (Wildman–Crippen MR) is 68.3 cm³/mol. The lowest BCUT2D eigenvalue weighted by Gasteiger charge is -1.99. The van der Waals surface area contributed by atoms with Crippen LogP contribution < -0.4 is 0 Å². The Hall–Kier alpha value is -1.12. The molecule has 0 bridgehead atoms. The third-order valence-corrected chi connectivity index (χ3v) is 2.93. The van der Waals surface area contributed by atoms with Crippen LogP contribution in [0.3, 0.4) is 0 Å². The fourth-order valence-electron chi connectivity index (χ4n) is 1.97. The van der Waals surface area contributed by atoms with Gasteiger partial charge >= 0.3 is 0 Å². The molecule has 3 heteroatoms. The van der Waals surface area contributed by atoms with E-state index in [0.29, 0.717) is 23.8 Å². The summed E-state index contributed by atoms with van der Waals surface area (Å²) in [5.41, 5.74) is 0.524. The first-order valence-electron chi connectivity index (χ1n) is 6.62. The van der Waals surface area contributed by atoms with Crippen LogP contribution in [-0.4, -0.2) is 10.8 Å². The number of Topliss-reactive ketones (excluding diaryl/α,β-unsaturated/α-hetero) is 1. The highest BCUT2D eigenvalue weighted by molar-refractivity contribution is 5.95. The van der Waals surface area contributed by atoms with Crippen molar-refractivity contribution in [3.8, 4) is 0 Å². The summed E-state index contributed by atoms with van der Waals surface area (Å²) in [6.07, 6.45) is 7.78. The highest BCUT2D eigenvalue weighted by Gasteiger charge is 2.14. The topological polar surface area (TPSA) is 43.1 Å². The van der Waals surface area contributed by atoms with E-state index in [1.807, 2.05) is 0 Å². The van der Waals surface area contributed by atoms with Crippen LogP contribution in [0, 0.1) is 13.8 Å². The number of unbranched alkanes of at least 4 members (excludes halogenated alkanes) is 5. The summed E-state index contributed by atoms with van der Waals surface area (Å²) in [5, 5.41) is 0. The van der Waals surface area contributed by atoms with Crippen LogP contribution in [0.5, 0.6) is 0 Å². The molecule has 0 saturated heterocycles. The van der Waals surface area contributed by atoms with Gasteiger partial charge in [0, 0.05) is 13.3 Å². The number of rotatable bonds is 8. The van der Waals surface area contributed by atoms with Crippen molar-refractivity contribution in [2.45, 2.75) is 65.7 Å². The van der Waals surface area contributed by atoms with Crippen LogP contribution in [0.1, 0.15) is 74.0 Å².